The molecule has 4 unspecified atom stereocenters. The van der Waals surface area contributed by atoms with Crippen molar-refractivity contribution in [3.63, 3.8) is 0 Å². The van der Waals surface area contributed by atoms with Gasteiger partial charge in [-0.3, -0.25) is 9.59 Å². The van der Waals surface area contributed by atoms with Crippen LogP contribution < -0.4 is 10.6 Å². The molecular formula is C25H34ClN3O3. The van der Waals surface area contributed by atoms with E-state index >= 15 is 0 Å². The van der Waals surface area contributed by atoms with Crippen LogP contribution in [0.4, 0.5) is 0 Å². The van der Waals surface area contributed by atoms with Gasteiger partial charge in [0.15, 0.2) is 5.76 Å². The van der Waals surface area contributed by atoms with Gasteiger partial charge in [0.05, 0.1) is 6.04 Å². The van der Waals surface area contributed by atoms with E-state index in [0.29, 0.717) is 24.0 Å². The van der Waals surface area contributed by atoms with Crippen molar-refractivity contribution in [1.29, 1.82) is 0 Å². The minimum Gasteiger partial charge on any atom is -0.483 e. The molecule has 0 radical (unpaired) electrons. The lowest BCUT2D eigenvalue weighted by molar-refractivity contribution is -0.134. The van der Waals surface area contributed by atoms with Gasteiger partial charge in [-0.15, -0.1) is 0 Å². The van der Waals surface area contributed by atoms with Crippen LogP contribution in [0, 0.1) is 5.92 Å². The van der Waals surface area contributed by atoms with Crippen molar-refractivity contribution in [3.05, 3.63) is 40.6 Å². The zero-order valence-electron chi connectivity index (χ0n) is 18.8. The maximum atomic E-state index is 12.7. The molecule has 2 heterocycles. The maximum Gasteiger partial charge on any atom is 0.286 e. The number of nitrogens with zero attached hydrogens (tertiary/aromatic N) is 1. The Bertz CT molecular complexity index is 859. The lowest BCUT2D eigenvalue weighted by Gasteiger charge is -2.39. The molecule has 2 aliphatic heterocycles. The summed E-state index contributed by atoms with van der Waals surface area (Å²) < 4.78 is 6.02. The monoisotopic (exact) mass is 459 g/mol. The molecule has 3 fully saturated rings. The largest absolute Gasteiger partial charge is 0.483 e. The first kappa shape index (κ1) is 23.1. The van der Waals surface area contributed by atoms with Crippen molar-refractivity contribution < 1.29 is 14.3 Å². The molecule has 1 aromatic rings. The fraction of sp³-hybridized carbons (Fsp3) is 0.600. The highest BCUT2D eigenvalue weighted by Gasteiger charge is 2.40. The number of hydrogen-bond acceptors (Lipinski definition) is 4. The molecule has 2 amide bonds. The number of fused-ring (bicyclic) bond motifs is 1. The number of rotatable bonds is 6. The van der Waals surface area contributed by atoms with E-state index in [0.717, 1.165) is 31.4 Å². The Hall–Kier alpha value is -2.05. The third kappa shape index (κ3) is 5.65. The maximum absolute atomic E-state index is 12.7. The second kappa shape index (κ2) is 10.7. The van der Waals surface area contributed by atoms with Crippen molar-refractivity contribution in [2.75, 3.05) is 19.6 Å². The van der Waals surface area contributed by atoms with Gasteiger partial charge >= 0.3 is 0 Å². The average molecular weight is 460 g/mol. The second-order valence-electron chi connectivity index (χ2n) is 9.30. The van der Waals surface area contributed by atoms with E-state index in [1.807, 2.05) is 18.2 Å². The topological polar surface area (TPSA) is 70.7 Å². The quantitative estimate of drug-likeness (QED) is 0.502. The minimum atomic E-state index is -0.247. The van der Waals surface area contributed by atoms with E-state index in [4.69, 9.17) is 16.3 Å². The molecule has 32 heavy (non-hydrogen) atoms. The molecule has 174 valence electrons. The van der Waals surface area contributed by atoms with Gasteiger partial charge in [0.25, 0.3) is 5.91 Å². The fourth-order valence-electron chi connectivity index (χ4n) is 5.09. The third-order valence-electron chi connectivity index (χ3n) is 7.03. The van der Waals surface area contributed by atoms with Crippen LogP contribution in [0.1, 0.15) is 57.4 Å². The summed E-state index contributed by atoms with van der Waals surface area (Å²) in [4.78, 5) is 27.8. The molecule has 0 spiro atoms. The highest BCUT2D eigenvalue weighted by Crippen LogP contribution is 2.32. The summed E-state index contributed by atoms with van der Waals surface area (Å²) in [6.07, 6.45) is 8.58. The van der Waals surface area contributed by atoms with Gasteiger partial charge in [0.2, 0.25) is 5.91 Å². The number of carbonyl (C=O) groups is 2. The second-order valence-corrected chi connectivity index (χ2v) is 9.71. The summed E-state index contributed by atoms with van der Waals surface area (Å²) in [5, 5.41) is 6.74. The zero-order chi connectivity index (χ0) is 22.5. The molecule has 4 atom stereocenters. The molecule has 7 heteroatoms. The molecule has 1 aliphatic carbocycles. The summed E-state index contributed by atoms with van der Waals surface area (Å²) >= 11 is 6.21. The summed E-state index contributed by atoms with van der Waals surface area (Å²) in [6.45, 7) is 5.22. The van der Waals surface area contributed by atoms with Crippen LogP contribution in [0.3, 0.4) is 0 Å². The number of carbonyl (C=O) groups excluding carboxylic acids is 2. The van der Waals surface area contributed by atoms with E-state index in [2.05, 4.69) is 22.5 Å². The van der Waals surface area contributed by atoms with Crippen molar-refractivity contribution in [3.8, 4) is 0 Å². The Morgan fingerprint density at radius 2 is 2.12 bits per heavy atom. The summed E-state index contributed by atoms with van der Waals surface area (Å²) in [5.74, 6) is 0.0574. The highest BCUT2D eigenvalue weighted by molar-refractivity contribution is 6.32. The average Bonchev–Trinajstić information content (AvgIpc) is 2.79. The number of likely N-dealkylation sites (tertiary alicyclic amines) is 1. The van der Waals surface area contributed by atoms with E-state index in [1.54, 1.807) is 12.1 Å². The Morgan fingerprint density at radius 3 is 2.94 bits per heavy atom. The van der Waals surface area contributed by atoms with Crippen molar-refractivity contribution in [1.82, 2.24) is 15.5 Å². The van der Waals surface area contributed by atoms with Crippen LogP contribution in [-0.4, -0.2) is 54.5 Å². The molecule has 1 aromatic carbocycles. The lowest BCUT2D eigenvalue weighted by Crippen LogP contribution is -2.54. The standard InChI is InChI=1S/C25H34ClN3O3/c1-17-7-4-5-13-29(17)14-6-12-27-24(30)19-10-11-22-21(15-19)28-25(31)23(32-22)16-18-8-2-3-9-20(18)26/h2-3,8-9,16-17,19,21-22H,4-7,10-15H2,1H3,(H,27,30)(H,28,31)/b23-16-. The molecule has 2 N–H and O–H groups in total. The van der Waals surface area contributed by atoms with Gasteiger partial charge in [0.1, 0.15) is 6.10 Å². The lowest BCUT2D eigenvalue weighted by atomic mass is 9.82. The molecule has 0 aromatic heterocycles. The van der Waals surface area contributed by atoms with E-state index in [9.17, 15) is 9.59 Å². The van der Waals surface area contributed by atoms with Crippen molar-refractivity contribution >= 4 is 29.5 Å². The van der Waals surface area contributed by atoms with E-state index < -0.39 is 0 Å². The number of ether oxygens (including phenoxy) is 1. The van der Waals surface area contributed by atoms with Crippen LogP contribution in [0.25, 0.3) is 6.08 Å². The fourth-order valence-corrected chi connectivity index (χ4v) is 5.28. The number of benzene rings is 1. The highest BCUT2D eigenvalue weighted by atomic mass is 35.5. The van der Waals surface area contributed by atoms with Crippen LogP contribution in [0.5, 0.6) is 0 Å². The number of halogens is 1. The number of piperidine rings is 1. The van der Waals surface area contributed by atoms with Gasteiger partial charge in [-0.25, -0.2) is 0 Å². The van der Waals surface area contributed by atoms with Gasteiger partial charge < -0.3 is 20.3 Å². The predicted molar refractivity (Wildman–Crippen MR) is 126 cm³/mol. The Balaban J connectivity index is 1.24. The minimum absolute atomic E-state index is 0.0804. The molecule has 0 bridgehead atoms. The predicted octanol–water partition coefficient (Wildman–Crippen LogP) is 3.75. The van der Waals surface area contributed by atoms with Gasteiger partial charge in [-0.2, -0.15) is 0 Å². The number of amides is 2. The van der Waals surface area contributed by atoms with Crippen molar-refractivity contribution in [2.24, 2.45) is 5.92 Å². The molecule has 3 aliphatic rings. The smallest absolute Gasteiger partial charge is 0.286 e. The van der Waals surface area contributed by atoms with Gasteiger partial charge in [-0.05, 0) is 69.7 Å². The van der Waals surface area contributed by atoms with Gasteiger partial charge in [0, 0.05) is 30.1 Å². The van der Waals surface area contributed by atoms with Crippen LogP contribution >= 0.6 is 11.6 Å². The normalized spacial score (nSPS) is 29.7. The molecule has 2 saturated heterocycles. The summed E-state index contributed by atoms with van der Waals surface area (Å²) in [6, 6.07) is 7.88. The van der Waals surface area contributed by atoms with Crippen LogP contribution in [-0.2, 0) is 14.3 Å². The number of hydrogen-bond donors (Lipinski definition) is 2. The first-order valence-corrected chi connectivity index (χ1v) is 12.3. The Labute approximate surface area is 195 Å². The summed E-state index contributed by atoms with van der Waals surface area (Å²) in [5.41, 5.74) is 0.754. The number of morpholine rings is 1. The van der Waals surface area contributed by atoms with Crippen LogP contribution in [0.15, 0.2) is 30.0 Å². The first-order valence-electron chi connectivity index (χ1n) is 12.0. The third-order valence-corrected chi connectivity index (χ3v) is 7.37. The SMILES string of the molecule is CC1CCCCN1CCCNC(=O)C1CCC2O/C(=C\c3ccccc3Cl)C(=O)NC2C1. The van der Waals surface area contributed by atoms with E-state index in [-0.39, 0.29) is 35.6 Å². The zero-order valence-corrected chi connectivity index (χ0v) is 19.6. The Kier molecular flexibility index (Phi) is 7.74. The molecular weight excluding hydrogens is 426 g/mol. The molecule has 1 saturated carbocycles. The Morgan fingerprint density at radius 1 is 1.28 bits per heavy atom. The molecule has 6 nitrogen and oxygen atoms in total. The van der Waals surface area contributed by atoms with Crippen molar-refractivity contribution in [2.45, 2.75) is 70.1 Å². The number of nitrogens with one attached hydrogen (secondary N) is 2. The van der Waals surface area contributed by atoms with Crippen LogP contribution in [0.2, 0.25) is 5.02 Å². The molecule has 4 rings (SSSR count). The van der Waals surface area contributed by atoms with E-state index in [1.165, 1.54) is 25.8 Å². The summed E-state index contributed by atoms with van der Waals surface area (Å²) in [7, 11) is 0. The van der Waals surface area contributed by atoms with Gasteiger partial charge in [-0.1, -0.05) is 36.2 Å². The first-order chi connectivity index (χ1) is 15.5.